The molecule has 1 aliphatic heterocycles. The lowest BCUT2D eigenvalue weighted by Gasteiger charge is -2.27. The topological polar surface area (TPSA) is 78.1 Å². The molecule has 0 bridgehead atoms. The largest absolute Gasteiger partial charge is 0.443 e. The van der Waals surface area contributed by atoms with Crippen LogP contribution in [-0.4, -0.2) is 44.9 Å². The lowest BCUT2D eigenvalue weighted by Crippen LogP contribution is -2.30. The number of rotatable bonds is 8. The van der Waals surface area contributed by atoms with Gasteiger partial charge in [-0.25, -0.2) is 14.4 Å². The molecule has 14 heteroatoms. The van der Waals surface area contributed by atoms with Gasteiger partial charge in [-0.15, -0.1) is 11.3 Å². The maximum Gasteiger partial charge on any atom is 0.443 e. The molecule has 8 nitrogen and oxygen atoms in total. The van der Waals surface area contributed by atoms with E-state index in [4.69, 9.17) is 4.74 Å². The van der Waals surface area contributed by atoms with Crippen molar-refractivity contribution >= 4 is 42.0 Å². The quantitative estimate of drug-likeness (QED) is 0.100. The predicted octanol–water partition coefficient (Wildman–Crippen LogP) is 7.42. The number of ether oxygens (including phenoxy) is 1. The summed E-state index contributed by atoms with van der Waals surface area (Å²) in [4.78, 5) is 23.5. The maximum absolute atomic E-state index is 15.9. The summed E-state index contributed by atoms with van der Waals surface area (Å²) in [5, 5.41) is 3.42. The molecular formula is C30H30F4N6O2SSi. The molecule has 1 unspecified atom stereocenters. The number of carbonyl (C=O) groups is 1. The molecule has 0 spiro atoms. The van der Waals surface area contributed by atoms with Crippen molar-refractivity contribution in [2.75, 3.05) is 11.5 Å². The number of anilines is 1. The molecule has 0 fully saturated rings. The molecule has 3 aromatic heterocycles. The average molecular weight is 643 g/mol. The summed E-state index contributed by atoms with van der Waals surface area (Å²) in [5.41, 5.74) is 3.93. The molecule has 6 rings (SSSR count). The molecule has 1 atom stereocenters. The van der Waals surface area contributed by atoms with Crippen LogP contribution in [0.15, 0.2) is 48.9 Å². The Bertz CT molecular complexity index is 1890. The standard InChI is InChI=1S/C30H30F4N6O2SSi/c1-17-25-26(37-38(17)2)28(41)40(19-7-9-23-22(13-19)36-15-39(23)16-42-10-11-44(3,4)5)27(25)20-8-6-18(12-21(20)31)24-14-35-29(43-24)30(32,33)34/h6-9,12-15,27H,10-11,16H2,1-5H3. The van der Waals surface area contributed by atoms with Crippen LogP contribution in [0.4, 0.5) is 23.2 Å². The van der Waals surface area contributed by atoms with Gasteiger partial charge in [0, 0.05) is 50.4 Å². The van der Waals surface area contributed by atoms with Crippen LogP contribution < -0.4 is 4.90 Å². The molecule has 44 heavy (non-hydrogen) atoms. The third-order valence-corrected chi connectivity index (χ3v) is 10.6. The minimum atomic E-state index is -4.59. The van der Waals surface area contributed by atoms with E-state index in [1.807, 2.05) is 17.6 Å². The summed E-state index contributed by atoms with van der Waals surface area (Å²) in [7, 11) is 0.496. The molecule has 0 N–H and O–H groups in total. The molecule has 0 radical (unpaired) electrons. The molecule has 1 amide bonds. The van der Waals surface area contributed by atoms with Gasteiger partial charge in [-0.1, -0.05) is 31.8 Å². The number of nitrogens with zero attached hydrogens (tertiary/aromatic N) is 6. The highest BCUT2D eigenvalue weighted by atomic mass is 32.1. The second kappa shape index (κ2) is 10.9. The van der Waals surface area contributed by atoms with Gasteiger partial charge in [0.2, 0.25) is 0 Å². The second-order valence-corrected chi connectivity index (χ2v) is 18.7. The van der Waals surface area contributed by atoms with Crippen molar-refractivity contribution in [2.24, 2.45) is 7.05 Å². The number of halogens is 4. The van der Waals surface area contributed by atoms with E-state index in [1.165, 1.54) is 17.0 Å². The monoisotopic (exact) mass is 642 g/mol. The van der Waals surface area contributed by atoms with Gasteiger partial charge < -0.3 is 9.30 Å². The van der Waals surface area contributed by atoms with Crippen molar-refractivity contribution < 1.29 is 27.1 Å². The Morgan fingerprint density at radius 2 is 1.86 bits per heavy atom. The highest BCUT2D eigenvalue weighted by Crippen LogP contribution is 2.45. The van der Waals surface area contributed by atoms with Crippen LogP contribution in [-0.2, 0) is 24.7 Å². The van der Waals surface area contributed by atoms with Crippen LogP contribution in [0.3, 0.4) is 0 Å². The highest BCUT2D eigenvalue weighted by Gasteiger charge is 2.44. The Morgan fingerprint density at radius 1 is 1.09 bits per heavy atom. The smallest absolute Gasteiger partial charge is 0.361 e. The fourth-order valence-electron chi connectivity index (χ4n) is 5.32. The number of amides is 1. The molecule has 4 heterocycles. The number of benzene rings is 2. The summed E-state index contributed by atoms with van der Waals surface area (Å²) in [6.07, 6.45) is -1.81. The van der Waals surface area contributed by atoms with Gasteiger partial charge in [-0.05, 0) is 42.8 Å². The van der Waals surface area contributed by atoms with Gasteiger partial charge in [0.15, 0.2) is 10.7 Å². The van der Waals surface area contributed by atoms with Crippen LogP contribution in [0.2, 0.25) is 25.7 Å². The number of carbonyl (C=O) groups excluding carboxylic acids is 1. The molecular weight excluding hydrogens is 613 g/mol. The minimum Gasteiger partial charge on any atom is -0.361 e. The fraction of sp³-hybridized carbons (Fsp3) is 0.333. The molecule has 230 valence electrons. The zero-order valence-electron chi connectivity index (χ0n) is 24.7. The van der Waals surface area contributed by atoms with Gasteiger partial charge in [-0.3, -0.25) is 14.4 Å². The van der Waals surface area contributed by atoms with Crippen LogP contribution in [0.5, 0.6) is 0 Å². The number of aryl methyl sites for hydroxylation is 1. The number of aromatic nitrogens is 5. The van der Waals surface area contributed by atoms with E-state index < -0.39 is 31.1 Å². The van der Waals surface area contributed by atoms with Crippen molar-refractivity contribution in [3.8, 4) is 10.4 Å². The van der Waals surface area contributed by atoms with Crippen molar-refractivity contribution in [2.45, 2.75) is 51.6 Å². The Morgan fingerprint density at radius 3 is 2.55 bits per heavy atom. The summed E-state index contributed by atoms with van der Waals surface area (Å²) < 4.78 is 64.6. The van der Waals surface area contributed by atoms with Crippen LogP contribution in [0.25, 0.3) is 21.5 Å². The predicted molar refractivity (Wildman–Crippen MR) is 163 cm³/mol. The first-order valence-electron chi connectivity index (χ1n) is 14.0. The number of alkyl halides is 3. The lowest BCUT2D eigenvalue weighted by atomic mass is 9.96. The third kappa shape index (κ3) is 5.45. The molecule has 0 saturated carbocycles. The fourth-order valence-corrected chi connectivity index (χ4v) is 6.85. The van der Waals surface area contributed by atoms with Gasteiger partial charge in [0.1, 0.15) is 12.5 Å². The van der Waals surface area contributed by atoms with Crippen molar-refractivity contribution in [3.63, 3.8) is 0 Å². The summed E-state index contributed by atoms with van der Waals surface area (Å²) in [6, 6.07) is 9.86. The number of fused-ring (bicyclic) bond motifs is 2. The molecule has 0 aliphatic carbocycles. The molecule has 1 aliphatic rings. The summed E-state index contributed by atoms with van der Waals surface area (Å²) in [5.74, 6) is -1.05. The highest BCUT2D eigenvalue weighted by molar-refractivity contribution is 7.15. The van der Waals surface area contributed by atoms with Crippen molar-refractivity contribution in [3.05, 3.63) is 82.3 Å². The Balaban J connectivity index is 1.35. The summed E-state index contributed by atoms with van der Waals surface area (Å²) >= 11 is 0.445. The average Bonchev–Trinajstić information content (AvgIpc) is 3.71. The van der Waals surface area contributed by atoms with E-state index in [2.05, 4.69) is 34.7 Å². The van der Waals surface area contributed by atoms with E-state index >= 15 is 4.39 Å². The lowest BCUT2D eigenvalue weighted by molar-refractivity contribution is -0.137. The molecule has 2 aromatic carbocycles. The Hall–Kier alpha value is -3.88. The maximum atomic E-state index is 15.9. The number of imidazole rings is 1. The molecule has 5 aromatic rings. The minimum absolute atomic E-state index is 0.186. The number of hydrogen-bond acceptors (Lipinski definition) is 6. The van der Waals surface area contributed by atoms with E-state index in [1.54, 1.807) is 36.3 Å². The van der Waals surface area contributed by atoms with Crippen molar-refractivity contribution in [1.29, 1.82) is 0 Å². The van der Waals surface area contributed by atoms with Gasteiger partial charge in [0.05, 0.1) is 28.3 Å². The normalized spacial score (nSPS) is 15.5. The van der Waals surface area contributed by atoms with Crippen LogP contribution in [0, 0.1) is 12.7 Å². The number of thiazole rings is 1. The van der Waals surface area contributed by atoms with E-state index in [0.717, 1.165) is 17.8 Å². The first-order chi connectivity index (χ1) is 20.7. The van der Waals surface area contributed by atoms with Crippen molar-refractivity contribution in [1.82, 2.24) is 24.3 Å². The van der Waals surface area contributed by atoms with Gasteiger partial charge >= 0.3 is 6.18 Å². The Labute approximate surface area is 255 Å². The van der Waals surface area contributed by atoms with Gasteiger partial charge in [0.25, 0.3) is 5.91 Å². The molecule has 0 saturated heterocycles. The second-order valence-electron chi connectivity index (χ2n) is 12.0. The van der Waals surface area contributed by atoms with E-state index in [0.29, 0.717) is 47.1 Å². The van der Waals surface area contributed by atoms with Crippen LogP contribution in [0.1, 0.15) is 38.4 Å². The summed E-state index contributed by atoms with van der Waals surface area (Å²) in [6.45, 7) is 9.70. The first-order valence-corrected chi connectivity index (χ1v) is 18.5. The van der Waals surface area contributed by atoms with Crippen LogP contribution >= 0.6 is 11.3 Å². The van der Waals surface area contributed by atoms with Gasteiger partial charge in [-0.2, -0.15) is 18.3 Å². The first kappa shape index (κ1) is 30.2. The van der Waals surface area contributed by atoms with E-state index in [-0.39, 0.29) is 27.6 Å². The van der Waals surface area contributed by atoms with E-state index in [9.17, 15) is 18.0 Å². The zero-order valence-corrected chi connectivity index (χ0v) is 26.6. The Kier molecular flexibility index (Phi) is 7.49. The third-order valence-electron chi connectivity index (χ3n) is 7.77. The SMILES string of the molecule is Cc1c2c(nn1C)C(=O)N(c1ccc3c(c1)ncn3COCC[Si](C)(C)C)C2c1ccc(-c2cnc(C(F)(F)F)s2)cc1F. The number of hydrogen-bond donors (Lipinski definition) is 0. The zero-order chi connectivity index (χ0) is 31.6.